The Labute approximate surface area is 168 Å². The summed E-state index contributed by atoms with van der Waals surface area (Å²) >= 11 is 0. The number of ether oxygens (including phenoxy) is 2. The van der Waals surface area contributed by atoms with E-state index in [0.29, 0.717) is 22.6 Å². The molecule has 0 saturated heterocycles. The number of alkyl halides is 2. The molecule has 0 bridgehead atoms. The molecule has 29 heavy (non-hydrogen) atoms. The molecule has 0 radical (unpaired) electrons. The van der Waals surface area contributed by atoms with Crippen LogP contribution in [0.2, 0.25) is 0 Å². The van der Waals surface area contributed by atoms with Gasteiger partial charge in [-0.1, -0.05) is 42.0 Å². The molecule has 0 fully saturated rings. The summed E-state index contributed by atoms with van der Waals surface area (Å²) in [5.41, 5.74) is 3.61. The first kappa shape index (κ1) is 20.3. The maximum Gasteiger partial charge on any atom is 0.387 e. The van der Waals surface area contributed by atoms with E-state index < -0.39 is 6.61 Å². The Morgan fingerprint density at radius 1 is 1.00 bits per heavy atom. The number of methoxy groups -OCH3 is 1. The molecule has 0 heterocycles. The van der Waals surface area contributed by atoms with Crippen molar-refractivity contribution in [3.8, 4) is 22.6 Å². The molecule has 0 aliphatic heterocycles. The van der Waals surface area contributed by atoms with Gasteiger partial charge >= 0.3 is 6.61 Å². The fourth-order valence-electron chi connectivity index (χ4n) is 2.90. The van der Waals surface area contributed by atoms with Gasteiger partial charge in [0.2, 0.25) is 5.91 Å². The molecule has 0 spiro atoms. The third kappa shape index (κ3) is 5.54. The Bertz CT molecular complexity index is 970. The molecule has 3 aromatic carbocycles. The van der Waals surface area contributed by atoms with Crippen LogP contribution in [0.15, 0.2) is 66.7 Å². The van der Waals surface area contributed by atoms with Crippen molar-refractivity contribution in [2.24, 2.45) is 0 Å². The van der Waals surface area contributed by atoms with Crippen molar-refractivity contribution in [3.63, 3.8) is 0 Å². The van der Waals surface area contributed by atoms with Gasteiger partial charge in [-0.3, -0.25) is 4.79 Å². The second kappa shape index (κ2) is 9.19. The largest absolute Gasteiger partial charge is 0.497 e. The fourth-order valence-corrected chi connectivity index (χ4v) is 2.90. The number of carbonyl (C=O) groups excluding carboxylic acids is 1. The third-order valence-corrected chi connectivity index (χ3v) is 4.37. The van der Waals surface area contributed by atoms with Gasteiger partial charge in [0.1, 0.15) is 11.5 Å². The highest BCUT2D eigenvalue weighted by atomic mass is 19.3. The zero-order valence-electron chi connectivity index (χ0n) is 16.1. The number of anilines is 1. The van der Waals surface area contributed by atoms with Gasteiger partial charge in [0.15, 0.2) is 0 Å². The molecule has 0 aliphatic rings. The van der Waals surface area contributed by atoms with Crippen LogP contribution in [0, 0.1) is 6.92 Å². The lowest BCUT2D eigenvalue weighted by atomic mass is 10.0. The van der Waals surface area contributed by atoms with Crippen LogP contribution < -0.4 is 14.8 Å². The molecule has 0 aliphatic carbocycles. The molecule has 4 nitrogen and oxygen atoms in total. The number of halogens is 2. The van der Waals surface area contributed by atoms with Crippen molar-refractivity contribution in [1.82, 2.24) is 0 Å². The van der Waals surface area contributed by atoms with Crippen LogP contribution in [-0.2, 0) is 11.2 Å². The number of carbonyl (C=O) groups is 1. The lowest BCUT2D eigenvalue weighted by Crippen LogP contribution is -2.14. The summed E-state index contributed by atoms with van der Waals surface area (Å²) in [5, 5.41) is 2.81. The van der Waals surface area contributed by atoms with Gasteiger partial charge in [-0.05, 0) is 48.4 Å². The van der Waals surface area contributed by atoms with Gasteiger partial charge < -0.3 is 14.8 Å². The van der Waals surface area contributed by atoms with E-state index in [4.69, 9.17) is 4.74 Å². The van der Waals surface area contributed by atoms with Crippen LogP contribution >= 0.6 is 0 Å². The molecule has 0 atom stereocenters. The number of hydrogen-bond acceptors (Lipinski definition) is 3. The molecule has 1 amide bonds. The molecule has 150 valence electrons. The van der Waals surface area contributed by atoms with Crippen LogP contribution in [0.1, 0.15) is 11.1 Å². The molecule has 6 heteroatoms. The molecule has 0 aromatic heterocycles. The van der Waals surface area contributed by atoms with Crippen molar-refractivity contribution >= 4 is 11.6 Å². The molecule has 0 unspecified atom stereocenters. The zero-order chi connectivity index (χ0) is 20.8. The van der Waals surface area contributed by atoms with Crippen molar-refractivity contribution in [2.75, 3.05) is 12.4 Å². The van der Waals surface area contributed by atoms with Crippen LogP contribution in [0.4, 0.5) is 14.5 Å². The fraction of sp³-hybridized carbons (Fsp3) is 0.174. The predicted molar refractivity (Wildman–Crippen MR) is 109 cm³/mol. The summed E-state index contributed by atoms with van der Waals surface area (Å²) in [6, 6.07) is 19.2. The third-order valence-electron chi connectivity index (χ3n) is 4.37. The monoisotopic (exact) mass is 397 g/mol. The molecule has 3 rings (SSSR count). The number of hydrogen-bond donors (Lipinski definition) is 1. The summed E-state index contributed by atoms with van der Waals surface area (Å²) < 4.78 is 35.4. The minimum Gasteiger partial charge on any atom is -0.497 e. The zero-order valence-corrected chi connectivity index (χ0v) is 16.1. The maximum atomic E-state index is 12.8. The highest BCUT2D eigenvalue weighted by Crippen LogP contribution is 2.34. The van der Waals surface area contributed by atoms with Crippen LogP contribution in [0.25, 0.3) is 11.1 Å². The first-order valence-corrected chi connectivity index (χ1v) is 9.03. The standard InChI is InChI=1S/C23H21F2NO3/c1-15-3-5-16(6-4-15)13-22(27)26-18-9-12-21(29-23(24)25)20(14-18)17-7-10-19(28-2)11-8-17/h3-12,14,23H,13H2,1-2H3,(H,26,27). The van der Waals surface area contributed by atoms with Gasteiger partial charge in [-0.2, -0.15) is 8.78 Å². The lowest BCUT2D eigenvalue weighted by Gasteiger charge is -2.14. The SMILES string of the molecule is COc1ccc(-c2cc(NC(=O)Cc3ccc(C)cc3)ccc2OC(F)F)cc1. The van der Waals surface area contributed by atoms with E-state index in [1.807, 2.05) is 31.2 Å². The van der Waals surface area contributed by atoms with Crippen molar-refractivity contribution < 1.29 is 23.0 Å². The van der Waals surface area contributed by atoms with Gasteiger partial charge in [-0.15, -0.1) is 0 Å². The number of benzene rings is 3. The molecule has 3 aromatic rings. The Morgan fingerprint density at radius 3 is 2.31 bits per heavy atom. The van der Waals surface area contributed by atoms with Gasteiger partial charge in [0.05, 0.1) is 13.5 Å². The summed E-state index contributed by atoms with van der Waals surface area (Å²) in [4.78, 5) is 12.4. The Balaban J connectivity index is 1.83. The number of aryl methyl sites for hydroxylation is 1. The summed E-state index contributed by atoms with van der Waals surface area (Å²) in [6.07, 6.45) is 0.216. The normalized spacial score (nSPS) is 10.7. The van der Waals surface area contributed by atoms with E-state index in [-0.39, 0.29) is 18.1 Å². The molecule has 0 saturated carbocycles. The minimum atomic E-state index is -2.95. The average Bonchev–Trinajstić information content (AvgIpc) is 2.70. The average molecular weight is 397 g/mol. The second-order valence-electron chi connectivity index (χ2n) is 6.53. The smallest absolute Gasteiger partial charge is 0.387 e. The predicted octanol–water partition coefficient (Wildman–Crippen LogP) is 5.45. The summed E-state index contributed by atoms with van der Waals surface area (Å²) in [6.45, 7) is -0.970. The quantitative estimate of drug-likeness (QED) is 0.576. The summed E-state index contributed by atoms with van der Waals surface area (Å²) in [7, 11) is 1.55. The number of nitrogens with one attached hydrogen (secondary N) is 1. The highest BCUT2D eigenvalue weighted by Gasteiger charge is 2.14. The van der Waals surface area contributed by atoms with E-state index >= 15 is 0 Å². The summed E-state index contributed by atoms with van der Waals surface area (Å²) in [5.74, 6) is 0.478. The van der Waals surface area contributed by atoms with Gasteiger partial charge in [-0.25, -0.2) is 0 Å². The molecular formula is C23H21F2NO3. The topological polar surface area (TPSA) is 47.6 Å². The second-order valence-corrected chi connectivity index (χ2v) is 6.53. The lowest BCUT2D eigenvalue weighted by molar-refractivity contribution is -0.115. The minimum absolute atomic E-state index is 0.0294. The first-order valence-electron chi connectivity index (χ1n) is 9.03. The van der Waals surface area contributed by atoms with E-state index in [2.05, 4.69) is 10.1 Å². The van der Waals surface area contributed by atoms with Gasteiger partial charge in [0, 0.05) is 11.3 Å². The molecular weight excluding hydrogens is 376 g/mol. The Kier molecular flexibility index (Phi) is 6.44. The van der Waals surface area contributed by atoms with Crippen LogP contribution in [-0.4, -0.2) is 19.6 Å². The van der Waals surface area contributed by atoms with E-state index in [1.54, 1.807) is 37.4 Å². The maximum absolute atomic E-state index is 12.8. The Hall–Kier alpha value is -3.41. The van der Waals surface area contributed by atoms with Crippen LogP contribution in [0.5, 0.6) is 11.5 Å². The number of amides is 1. The van der Waals surface area contributed by atoms with E-state index in [1.165, 1.54) is 12.1 Å². The Morgan fingerprint density at radius 2 is 1.69 bits per heavy atom. The van der Waals surface area contributed by atoms with E-state index in [9.17, 15) is 13.6 Å². The van der Waals surface area contributed by atoms with Gasteiger partial charge in [0.25, 0.3) is 0 Å². The van der Waals surface area contributed by atoms with E-state index in [0.717, 1.165) is 11.1 Å². The first-order chi connectivity index (χ1) is 13.9. The molecule has 1 N–H and O–H groups in total. The highest BCUT2D eigenvalue weighted by molar-refractivity contribution is 5.93. The van der Waals surface area contributed by atoms with Crippen LogP contribution in [0.3, 0.4) is 0 Å². The van der Waals surface area contributed by atoms with Crippen molar-refractivity contribution in [1.29, 1.82) is 0 Å². The number of rotatable bonds is 7. The van der Waals surface area contributed by atoms with Crippen molar-refractivity contribution in [3.05, 3.63) is 77.9 Å². The van der Waals surface area contributed by atoms with Crippen molar-refractivity contribution in [2.45, 2.75) is 20.0 Å².